The summed E-state index contributed by atoms with van der Waals surface area (Å²) in [5, 5.41) is 8.49. The maximum atomic E-state index is 13.8. The predicted molar refractivity (Wildman–Crippen MR) is 97.9 cm³/mol. The highest BCUT2D eigenvalue weighted by Crippen LogP contribution is 2.25. The van der Waals surface area contributed by atoms with E-state index in [0.29, 0.717) is 37.8 Å². The number of aromatic nitrogens is 3. The van der Waals surface area contributed by atoms with Crippen molar-refractivity contribution in [2.24, 2.45) is 5.92 Å². The number of halogens is 1. The Morgan fingerprint density at radius 2 is 2.15 bits per heavy atom. The van der Waals surface area contributed by atoms with Crippen LogP contribution in [-0.2, 0) is 22.7 Å². The van der Waals surface area contributed by atoms with Crippen LogP contribution in [-0.4, -0.2) is 40.9 Å². The lowest BCUT2D eigenvalue weighted by Gasteiger charge is -2.19. The van der Waals surface area contributed by atoms with Crippen molar-refractivity contribution in [1.82, 2.24) is 14.8 Å². The summed E-state index contributed by atoms with van der Waals surface area (Å²) in [7, 11) is 1.40. The van der Waals surface area contributed by atoms with Gasteiger partial charge in [0.1, 0.15) is 6.61 Å². The van der Waals surface area contributed by atoms with Gasteiger partial charge in [0.2, 0.25) is 5.95 Å². The number of esters is 1. The van der Waals surface area contributed by atoms with Gasteiger partial charge in [0, 0.05) is 19.6 Å². The Morgan fingerprint density at radius 1 is 1.37 bits per heavy atom. The fourth-order valence-electron chi connectivity index (χ4n) is 3.10. The molecule has 0 radical (unpaired) electrons. The Bertz CT molecular complexity index is 836. The minimum Gasteiger partial charge on any atom is -0.483 e. The highest BCUT2D eigenvalue weighted by molar-refractivity contribution is 5.73. The van der Waals surface area contributed by atoms with Gasteiger partial charge in [-0.15, -0.1) is 10.2 Å². The van der Waals surface area contributed by atoms with E-state index in [1.807, 2.05) is 16.4 Å². The fourth-order valence-corrected chi connectivity index (χ4v) is 3.10. The zero-order valence-electron chi connectivity index (χ0n) is 15.5. The van der Waals surface area contributed by atoms with Crippen molar-refractivity contribution in [3.05, 3.63) is 48.1 Å². The Morgan fingerprint density at radius 3 is 2.85 bits per heavy atom. The predicted octanol–water partition coefficient (Wildman–Crippen LogP) is 2.57. The molecule has 1 aromatic heterocycles. The number of hydrogen-bond acceptors (Lipinski definition) is 6. The molecule has 0 bridgehead atoms. The monoisotopic (exact) mass is 374 g/mol. The Balaban J connectivity index is 1.78. The number of ether oxygens (including phenoxy) is 2. The van der Waals surface area contributed by atoms with Crippen LogP contribution in [0.15, 0.2) is 36.4 Å². The molecule has 2 aromatic rings. The van der Waals surface area contributed by atoms with Gasteiger partial charge in [-0.2, -0.15) is 0 Å². The van der Waals surface area contributed by atoms with Crippen LogP contribution in [0.3, 0.4) is 0 Å². The van der Waals surface area contributed by atoms with Crippen molar-refractivity contribution in [2.75, 3.05) is 25.1 Å². The van der Waals surface area contributed by atoms with E-state index < -0.39 is 5.82 Å². The molecule has 1 aromatic carbocycles. The molecule has 0 spiro atoms. The molecule has 0 N–H and O–H groups in total. The normalized spacial score (nSPS) is 16.4. The second-order valence-electron chi connectivity index (χ2n) is 6.63. The zero-order chi connectivity index (χ0) is 19.4. The lowest BCUT2D eigenvalue weighted by molar-refractivity contribution is -0.144. The molecule has 1 aliphatic heterocycles. The first-order valence-electron chi connectivity index (χ1n) is 8.76. The zero-order valence-corrected chi connectivity index (χ0v) is 15.5. The maximum Gasteiger partial charge on any atom is 0.310 e. The third kappa shape index (κ3) is 4.27. The summed E-state index contributed by atoms with van der Waals surface area (Å²) in [6.07, 6.45) is 0.702. The second-order valence-corrected chi connectivity index (χ2v) is 6.63. The van der Waals surface area contributed by atoms with Gasteiger partial charge in [-0.05, 0) is 25.5 Å². The van der Waals surface area contributed by atoms with Crippen LogP contribution in [0.2, 0.25) is 0 Å². The third-order valence-electron chi connectivity index (χ3n) is 4.43. The Labute approximate surface area is 157 Å². The van der Waals surface area contributed by atoms with Gasteiger partial charge < -0.3 is 14.4 Å². The molecule has 7 nitrogen and oxygen atoms in total. The standard InChI is InChI=1S/C19H23FN4O3/c1-13(2)10-24-17(12-27-16-7-5-4-6-15(16)20)21-22-19(24)23-9-8-14(11-23)18(25)26-3/h4-7,14H,1,8-12H2,2-3H3/t14-/m0/s1. The van der Waals surface area contributed by atoms with Crippen LogP contribution in [0.4, 0.5) is 10.3 Å². The molecule has 0 aliphatic carbocycles. The molecule has 8 heteroatoms. The van der Waals surface area contributed by atoms with E-state index >= 15 is 0 Å². The van der Waals surface area contributed by atoms with E-state index in [1.54, 1.807) is 18.2 Å². The number of anilines is 1. The molecule has 1 atom stereocenters. The number of hydrogen-bond donors (Lipinski definition) is 0. The largest absolute Gasteiger partial charge is 0.483 e. The molecular formula is C19H23FN4O3. The Kier molecular flexibility index (Phi) is 5.73. The van der Waals surface area contributed by atoms with Crippen LogP contribution in [0.1, 0.15) is 19.2 Å². The summed E-state index contributed by atoms with van der Waals surface area (Å²) in [6.45, 7) is 7.66. The van der Waals surface area contributed by atoms with Crippen LogP contribution < -0.4 is 9.64 Å². The van der Waals surface area contributed by atoms with Crippen molar-refractivity contribution in [3.8, 4) is 5.75 Å². The van der Waals surface area contributed by atoms with E-state index in [2.05, 4.69) is 16.8 Å². The van der Waals surface area contributed by atoms with Crippen molar-refractivity contribution >= 4 is 11.9 Å². The molecule has 1 fully saturated rings. The minimum atomic E-state index is -0.427. The number of rotatable bonds is 7. The van der Waals surface area contributed by atoms with Gasteiger partial charge >= 0.3 is 5.97 Å². The van der Waals surface area contributed by atoms with E-state index in [0.717, 1.165) is 5.57 Å². The molecule has 144 valence electrons. The van der Waals surface area contributed by atoms with Crippen molar-refractivity contribution in [2.45, 2.75) is 26.5 Å². The fraction of sp³-hybridized carbons (Fsp3) is 0.421. The van der Waals surface area contributed by atoms with Crippen molar-refractivity contribution < 1.29 is 18.7 Å². The summed E-state index contributed by atoms with van der Waals surface area (Å²) < 4.78 is 26.1. The molecule has 1 aliphatic rings. The van der Waals surface area contributed by atoms with Crippen LogP contribution in [0.5, 0.6) is 5.75 Å². The topological polar surface area (TPSA) is 69.5 Å². The Hall–Kier alpha value is -2.90. The number of carbonyl (C=O) groups is 1. The van der Waals surface area contributed by atoms with Crippen LogP contribution in [0, 0.1) is 11.7 Å². The summed E-state index contributed by atoms with van der Waals surface area (Å²) in [5.74, 6) is 0.559. The smallest absolute Gasteiger partial charge is 0.310 e. The van der Waals surface area contributed by atoms with Gasteiger partial charge in [-0.1, -0.05) is 24.3 Å². The van der Waals surface area contributed by atoms with E-state index in [9.17, 15) is 9.18 Å². The molecule has 2 heterocycles. The SMILES string of the molecule is C=C(C)Cn1c(COc2ccccc2F)nnc1N1CC[C@H](C(=O)OC)C1. The molecule has 0 saturated carbocycles. The number of benzene rings is 1. The van der Waals surface area contributed by atoms with E-state index in [4.69, 9.17) is 9.47 Å². The summed E-state index contributed by atoms with van der Waals surface area (Å²) >= 11 is 0. The molecule has 0 unspecified atom stereocenters. The number of nitrogens with zero attached hydrogens (tertiary/aromatic N) is 4. The first-order valence-corrected chi connectivity index (χ1v) is 8.76. The second kappa shape index (κ2) is 8.20. The van der Waals surface area contributed by atoms with Gasteiger partial charge in [0.15, 0.2) is 17.4 Å². The van der Waals surface area contributed by atoms with Crippen LogP contribution in [0.25, 0.3) is 0 Å². The summed E-state index contributed by atoms with van der Waals surface area (Å²) in [4.78, 5) is 13.8. The highest BCUT2D eigenvalue weighted by atomic mass is 19.1. The van der Waals surface area contributed by atoms with Crippen LogP contribution >= 0.6 is 0 Å². The number of para-hydroxylation sites is 1. The lowest BCUT2D eigenvalue weighted by atomic mass is 10.1. The molecule has 1 saturated heterocycles. The van der Waals surface area contributed by atoms with Gasteiger partial charge in [-0.3, -0.25) is 9.36 Å². The van der Waals surface area contributed by atoms with Crippen molar-refractivity contribution in [1.29, 1.82) is 0 Å². The van der Waals surface area contributed by atoms with Gasteiger partial charge in [0.25, 0.3) is 0 Å². The minimum absolute atomic E-state index is 0.0789. The lowest BCUT2D eigenvalue weighted by Crippen LogP contribution is -2.26. The maximum absolute atomic E-state index is 13.8. The molecule has 3 rings (SSSR count). The molecular weight excluding hydrogens is 351 g/mol. The average molecular weight is 374 g/mol. The van der Waals surface area contributed by atoms with E-state index in [1.165, 1.54) is 13.2 Å². The third-order valence-corrected chi connectivity index (χ3v) is 4.43. The molecule has 27 heavy (non-hydrogen) atoms. The number of allylic oxidation sites excluding steroid dienone is 1. The van der Waals surface area contributed by atoms with E-state index in [-0.39, 0.29) is 24.2 Å². The quantitative estimate of drug-likeness (QED) is 0.548. The first kappa shape index (κ1) is 18.9. The number of methoxy groups -OCH3 is 1. The summed E-state index contributed by atoms with van der Waals surface area (Å²) in [6, 6.07) is 6.22. The first-order chi connectivity index (χ1) is 13.0. The van der Waals surface area contributed by atoms with Gasteiger partial charge in [0.05, 0.1) is 13.0 Å². The number of carbonyl (C=O) groups excluding carboxylic acids is 1. The van der Waals surface area contributed by atoms with Crippen molar-refractivity contribution in [3.63, 3.8) is 0 Å². The average Bonchev–Trinajstić information content (AvgIpc) is 3.27. The highest BCUT2D eigenvalue weighted by Gasteiger charge is 2.32. The molecule has 0 amide bonds. The van der Waals surface area contributed by atoms with Gasteiger partial charge in [-0.25, -0.2) is 4.39 Å². The summed E-state index contributed by atoms with van der Waals surface area (Å²) in [5.41, 5.74) is 0.923.